The van der Waals surface area contributed by atoms with Crippen LogP contribution in [0.25, 0.3) is 0 Å². The van der Waals surface area contributed by atoms with Crippen molar-refractivity contribution >= 4 is 17.7 Å². The number of nitriles is 1. The Hall–Kier alpha value is -2.68. The lowest BCUT2D eigenvalue weighted by atomic mass is 9.89. The van der Waals surface area contributed by atoms with E-state index in [2.05, 4.69) is 5.32 Å². The minimum atomic E-state index is -1.23. The van der Waals surface area contributed by atoms with E-state index >= 15 is 0 Å². The van der Waals surface area contributed by atoms with Crippen LogP contribution in [-0.2, 0) is 15.1 Å². The van der Waals surface area contributed by atoms with Gasteiger partial charge in [-0.3, -0.25) is 14.5 Å². The number of Topliss-reactive ketones (excluding diaryl/α,β-unsaturated/α-hetero) is 1. The van der Waals surface area contributed by atoms with Crippen LogP contribution >= 0.6 is 0 Å². The van der Waals surface area contributed by atoms with Gasteiger partial charge >= 0.3 is 6.03 Å². The summed E-state index contributed by atoms with van der Waals surface area (Å²) in [5.41, 5.74) is -0.827. The number of carbonyl (C=O) groups excluding carboxylic acids is 3. The molecule has 1 aliphatic heterocycles. The number of nitrogens with zero attached hydrogens (tertiary/aromatic N) is 2. The minimum Gasteiger partial charge on any atom is -0.319 e. The molecule has 120 valence electrons. The summed E-state index contributed by atoms with van der Waals surface area (Å²) in [6.07, 6.45) is 0. The molecule has 0 radical (unpaired) electrons. The number of carbonyl (C=O) groups is 3. The van der Waals surface area contributed by atoms with Gasteiger partial charge in [0.15, 0.2) is 5.78 Å². The number of amides is 3. The van der Waals surface area contributed by atoms with Crippen molar-refractivity contribution in [2.45, 2.75) is 33.2 Å². The lowest BCUT2D eigenvalue weighted by Crippen LogP contribution is -2.42. The molecule has 0 bridgehead atoms. The van der Waals surface area contributed by atoms with Gasteiger partial charge in [-0.25, -0.2) is 4.79 Å². The Bertz CT molecular complexity index is 710. The molecule has 1 aliphatic rings. The first kappa shape index (κ1) is 16.7. The van der Waals surface area contributed by atoms with Gasteiger partial charge in [0.05, 0.1) is 18.2 Å². The third-order valence-electron chi connectivity index (χ3n) is 4.00. The molecular formula is C17H19N3O3. The maximum absolute atomic E-state index is 12.7. The predicted molar refractivity (Wildman–Crippen MR) is 83.2 cm³/mol. The molecule has 0 spiro atoms. The van der Waals surface area contributed by atoms with Crippen molar-refractivity contribution in [3.63, 3.8) is 0 Å². The number of imide groups is 1. The molecule has 6 heteroatoms. The lowest BCUT2D eigenvalue weighted by molar-refractivity contribution is -0.136. The van der Waals surface area contributed by atoms with E-state index in [9.17, 15) is 14.4 Å². The molecule has 1 heterocycles. The van der Waals surface area contributed by atoms with Gasteiger partial charge in [0, 0.05) is 5.41 Å². The SMILES string of the molecule is CC(C)(C)C(=O)CN1C(=O)NC(C)(c2ccc(C#N)cc2)C1=O. The van der Waals surface area contributed by atoms with Crippen LogP contribution in [0.1, 0.15) is 38.8 Å². The van der Waals surface area contributed by atoms with E-state index in [4.69, 9.17) is 5.26 Å². The average Bonchev–Trinajstić information content (AvgIpc) is 2.70. The number of nitrogens with one attached hydrogen (secondary N) is 1. The van der Waals surface area contributed by atoms with Crippen LogP contribution in [0.5, 0.6) is 0 Å². The fourth-order valence-corrected chi connectivity index (χ4v) is 2.30. The Morgan fingerprint density at radius 2 is 1.83 bits per heavy atom. The molecule has 1 unspecified atom stereocenters. The van der Waals surface area contributed by atoms with Gasteiger partial charge in [0.2, 0.25) is 0 Å². The van der Waals surface area contributed by atoms with Gasteiger partial charge in [-0.05, 0) is 24.6 Å². The number of urea groups is 1. The van der Waals surface area contributed by atoms with Crippen LogP contribution in [0.2, 0.25) is 0 Å². The molecule has 0 aromatic heterocycles. The highest BCUT2D eigenvalue weighted by molar-refractivity contribution is 6.09. The van der Waals surface area contributed by atoms with E-state index in [0.29, 0.717) is 11.1 Å². The zero-order valence-electron chi connectivity index (χ0n) is 13.6. The Morgan fingerprint density at radius 1 is 1.26 bits per heavy atom. The Morgan fingerprint density at radius 3 is 2.30 bits per heavy atom. The third-order valence-corrected chi connectivity index (χ3v) is 4.00. The van der Waals surface area contributed by atoms with Gasteiger partial charge in [-0.15, -0.1) is 0 Å². The zero-order valence-corrected chi connectivity index (χ0v) is 13.6. The molecule has 0 aliphatic carbocycles. The van der Waals surface area contributed by atoms with Crippen LogP contribution < -0.4 is 5.32 Å². The van der Waals surface area contributed by atoms with Crippen molar-refractivity contribution in [3.8, 4) is 6.07 Å². The molecule has 1 aromatic carbocycles. The van der Waals surface area contributed by atoms with E-state index in [0.717, 1.165) is 4.90 Å². The Balaban J connectivity index is 2.29. The molecule has 1 atom stereocenters. The van der Waals surface area contributed by atoms with E-state index in [1.807, 2.05) is 6.07 Å². The van der Waals surface area contributed by atoms with E-state index in [1.165, 1.54) is 0 Å². The Labute approximate surface area is 135 Å². The van der Waals surface area contributed by atoms with Gasteiger partial charge in [-0.1, -0.05) is 32.9 Å². The second kappa shape index (κ2) is 5.51. The van der Waals surface area contributed by atoms with Crippen molar-refractivity contribution in [2.24, 2.45) is 5.41 Å². The van der Waals surface area contributed by atoms with Crippen LogP contribution in [0, 0.1) is 16.7 Å². The Kier molecular flexibility index (Phi) is 3.99. The van der Waals surface area contributed by atoms with Crippen LogP contribution in [0.15, 0.2) is 24.3 Å². The summed E-state index contributed by atoms with van der Waals surface area (Å²) in [5, 5.41) is 11.5. The molecule has 6 nitrogen and oxygen atoms in total. The maximum atomic E-state index is 12.7. The average molecular weight is 313 g/mol. The smallest absolute Gasteiger partial charge is 0.319 e. The number of ketones is 1. The molecule has 1 fully saturated rings. The molecule has 0 saturated carbocycles. The highest BCUT2D eigenvalue weighted by Crippen LogP contribution is 2.29. The van der Waals surface area contributed by atoms with Gasteiger partial charge < -0.3 is 5.32 Å². The van der Waals surface area contributed by atoms with Crippen LogP contribution in [-0.4, -0.2) is 29.2 Å². The number of benzene rings is 1. The van der Waals surface area contributed by atoms with Crippen molar-refractivity contribution in [2.75, 3.05) is 6.54 Å². The maximum Gasteiger partial charge on any atom is 0.325 e. The van der Waals surface area contributed by atoms with Gasteiger partial charge in [-0.2, -0.15) is 5.26 Å². The first-order valence-electron chi connectivity index (χ1n) is 7.27. The lowest BCUT2D eigenvalue weighted by Gasteiger charge is -2.23. The summed E-state index contributed by atoms with van der Waals surface area (Å²) in [6, 6.07) is 7.85. The van der Waals surface area contributed by atoms with Crippen LogP contribution in [0.3, 0.4) is 0 Å². The number of hydrogen-bond acceptors (Lipinski definition) is 4. The largest absolute Gasteiger partial charge is 0.325 e. The summed E-state index contributed by atoms with van der Waals surface area (Å²) in [5.74, 6) is -0.658. The van der Waals surface area contributed by atoms with Crippen LogP contribution in [0.4, 0.5) is 4.79 Å². The highest BCUT2D eigenvalue weighted by atomic mass is 16.2. The van der Waals surface area contributed by atoms with Crippen molar-refractivity contribution in [1.82, 2.24) is 10.2 Å². The fourth-order valence-electron chi connectivity index (χ4n) is 2.30. The molecule has 23 heavy (non-hydrogen) atoms. The molecular weight excluding hydrogens is 294 g/mol. The first-order valence-corrected chi connectivity index (χ1v) is 7.27. The number of rotatable bonds is 3. The fraction of sp³-hybridized carbons (Fsp3) is 0.412. The summed E-state index contributed by atoms with van der Waals surface area (Å²) in [6.45, 7) is 6.57. The van der Waals surface area contributed by atoms with E-state index < -0.39 is 22.9 Å². The normalized spacial score (nSPS) is 21.1. The molecule has 1 N–H and O–H groups in total. The first-order chi connectivity index (χ1) is 10.6. The van der Waals surface area contributed by atoms with Gasteiger partial charge in [0.25, 0.3) is 5.91 Å². The van der Waals surface area contributed by atoms with E-state index in [1.54, 1.807) is 52.0 Å². The number of hydrogen-bond donors (Lipinski definition) is 1. The van der Waals surface area contributed by atoms with E-state index in [-0.39, 0.29) is 12.3 Å². The quantitative estimate of drug-likeness (QED) is 0.863. The van der Waals surface area contributed by atoms with Crippen molar-refractivity contribution < 1.29 is 14.4 Å². The second-order valence-electron chi connectivity index (χ2n) is 6.81. The van der Waals surface area contributed by atoms with Crippen molar-refractivity contribution in [3.05, 3.63) is 35.4 Å². The standard InChI is InChI=1S/C17H19N3O3/c1-16(2,3)13(21)10-20-14(22)17(4,19-15(20)23)12-7-5-11(9-18)6-8-12/h5-8H,10H2,1-4H3,(H,19,23). The minimum absolute atomic E-state index is 0.190. The summed E-state index contributed by atoms with van der Waals surface area (Å²) < 4.78 is 0. The topological polar surface area (TPSA) is 90.3 Å². The second-order valence-corrected chi connectivity index (χ2v) is 6.81. The third kappa shape index (κ3) is 2.95. The molecule has 2 rings (SSSR count). The molecule has 1 aromatic rings. The van der Waals surface area contributed by atoms with Gasteiger partial charge in [0.1, 0.15) is 5.54 Å². The zero-order chi connectivity index (χ0) is 17.4. The molecule has 3 amide bonds. The summed E-state index contributed by atoms with van der Waals surface area (Å²) in [4.78, 5) is 37.9. The summed E-state index contributed by atoms with van der Waals surface area (Å²) in [7, 11) is 0. The van der Waals surface area contributed by atoms with Crippen molar-refractivity contribution in [1.29, 1.82) is 5.26 Å². The molecule has 1 saturated heterocycles. The summed E-state index contributed by atoms with van der Waals surface area (Å²) >= 11 is 0. The highest BCUT2D eigenvalue weighted by Gasteiger charge is 2.49. The monoisotopic (exact) mass is 313 g/mol. The predicted octanol–water partition coefficient (Wildman–Crippen LogP) is 1.94.